The van der Waals surface area contributed by atoms with Crippen LogP contribution in [0.5, 0.6) is 0 Å². The zero-order valence-electron chi connectivity index (χ0n) is 13.0. The number of anilines is 1. The van der Waals surface area contributed by atoms with Crippen molar-refractivity contribution in [3.8, 4) is 0 Å². The van der Waals surface area contributed by atoms with Gasteiger partial charge in [0.2, 0.25) is 0 Å². The minimum atomic E-state index is -0.558. The molecule has 5 heteroatoms. The lowest BCUT2D eigenvalue weighted by molar-refractivity contribution is -0.121. The van der Waals surface area contributed by atoms with Crippen LogP contribution >= 0.6 is 0 Å². The van der Waals surface area contributed by atoms with Crippen LogP contribution in [0, 0.1) is 0 Å². The van der Waals surface area contributed by atoms with Crippen LogP contribution in [0.4, 0.5) is 5.69 Å². The molecule has 2 aromatic carbocycles. The fraction of sp³-hybridized carbons (Fsp3) is 0.211. The molecule has 1 saturated heterocycles. The zero-order chi connectivity index (χ0) is 16.7. The lowest BCUT2D eigenvalue weighted by Gasteiger charge is -2.24. The molecule has 0 spiro atoms. The van der Waals surface area contributed by atoms with Crippen molar-refractivity contribution in [3.05, 3.63) is 65.7 Å². The van der Waals surface area contributed by atoms with Crippen molar-refractivity contribution in [2.45, 2.75) is 18.9 Å². The van der Waals surface area contributed by atoms with Crippen LogP contribution in [0.15, 0.2) is 54.6 Å². The first-order chi connectivity index (χ1) is 11.7. The lowest BCUT2D eigenvalue weighted by atomic mass is 10.1. The summed E-state index contributed by atoms with van der Waals surface area (Å²) in [5.74, 6) is -0.890. The smallest absolute Gasteiger partial charge is 0.265 e. The molecule has 0 bridgehead atoms. The van der Waals surface area contributed by atoms with Crippen LogP contribution in [0.3, 0.4) is 0 Å². The third kappa shape index (κ3) is 2.12. The Hall–Kier alpha value is -2.95. The number of benzene rings is 2. The number of rotatable bonds is 1. The van der Waals surface area contributed by atoms with Crippen molar-refractivity contribution in [2.75, 3.05) is 11.4 Å². The number of carbonyl (C=O) groups is 3. The van der Waals surface area contributed by atoms with E-state index in [1.807, 2.05) is 6.07 Å². The summed E-state index contributed by atoms with van der Waals surface area (Å²) in [5.41, 5.74) is 1.20. The topological polar surface area (TPSA) is 57.7 Å². The number of hydrogen-bond acceptors (Lipinski definition) is 3. The van der Waals surface area contributed by atoms with Crippen LogP contribution in [-0.4, -0.2) is 35.2 Å². The van der Waals surface area contributed by atoms with Gasteiger partial charge in [0, 0.05) is 12.1 Å². The van der Waals surface area contributed by atoms with Crippen molar-refractivity contribution in [1.82, 2.24) is 4.90 Å². The Bertz CT molecular complexity index is 832. The van der Waals surface area contributed by atoms with E-state index >= 15 is 0 Å². The van der Waals surface area contributed by atoms with Gasteiger partial charge >= 0.3 is 0 Å². The van der Waals surface area contributed by atoms with E-state index in [1.165, 1.54) is 4.90 Å². The predicted octanol–water partition coefficient (Wildman–Crippen LogP) is 2.48. The zero-order valence-corrected chi connectivity index (χ0v) is 13.0. The molecule has 2 aliphatic heterocycles. The Kier molecular flexibility index (Phi) is 3.41. The second-order valence-electron chi connectivity index (χ2n) is 6.02. The third-order valence-corrected chi connectivity index (χ3v) is 4.62. The van der Waals surface area contributed by atoms with Crippen molar-refractivity contribution in [1.29, 1.82) is 0 Å². The highest BCUT2D eigenvalue weighted by Crippen LogP contribution is 2.33. The van der Waals surface area contributed by atoms with E-state index in [4.69, 9.17) is 0 Å². The summed E-state index contributed by atoms with van der Waals surface area (Å²) in [6, 6.07) is 15.0. The van der Waals surface area contributed by atoms with Gasteiger partial charge in [0.15, 0.2) is 0 Å². The molecule has 2 aliphatic rings. The maximum atomic E-state index is 13.1. The second-order valence-corrected chi connectivity index (χ2v) is 6.02. The van der Waals surface area contributed by atoms with Crippen LogP contribution in [0.25, 0.3) is 0 Å². The molecule has 0 N–H and O–H groups in total. The predicted molar refractivity (Wildman–Crippen MR) is 88.8 cm³/mol. The molecule has 3 amide bonds. The molecule has 5 nitrogen and oxygen atoms in total. The van der Waals surface area contributed by atoms with Crippen molar-refractivity contribution < 1.29 is 14.4 Å². The number of amides is 3. The van der Waals surface area contributed by atoms with Crippen molar-refractivity contribution in [3.63, 3.8) is 0 Å². The lowest BCUT2D eigenvalue weighted by Crippen LogP contribution is -2.47. The fourth-order valence-electron chi connectivity index (χ4n) is 3.46. The Balaban J connectivity index is 1.88. The summed E-state index contributed by atoms with van der Waals surface area (Å²) in [5, 5.41) is 0. The molecule has 0 unspecified atom stereocenters. The average molecular weight is 320 g/mol. The summed E-state index contributed by atoms with van der Waals surface area (Å²) >= 11 is 0. The first-order valence-corrected chi connectivity index (χ1v) is 8.02. The molecule has 0 radical (unpaired) electrons. The summed E-state index contributed by atoms with van der Waals surface area (Å²) in [6.07, 6.45) is 1.37. The van der Waals surface area contributed by atoms with E-state index in [0.29, 0.717) is 29.8 Å². The van der Waals surface area contributed by atoms with Crippen LogP contribution in [-0.2, 0) is 4.79 Å². The van der Waals surface area contributed by atoms with Gasteiger partial charge in [-0.05, 0) is 37.1 Å². The average Bonchev–Trinajstić information content (AvgIpc) is 3.09. The standard InChI is InChI=1S/C19H16N2O3/c22-17(13-7-2-1-3-8-13)21-15-10-5-4-9-14(15)18(23)20-12-6-11-16(20)19(21)24/h1-5,7-10,16H,6,11-12H2/t16-/m1/s1. The molecule has 1 fully saturated rings. The van der Waals surface area contributed by atoms with Gasteiger partial charge < -0.3 is 4.90 Å². The quantitative estimate of drug-likeness (QED) is 0.759. The van der Waals surface area contributed by atoms with E-state index in [1.54, 1.807) is 53.4 Å². The van der Waals surface area contributed by atoms with E-state index in [0.717, 1.165) is 6.42 Å². The molecular weight excluding hydrogens is 304 g/mol. The molecule has 2 aromatic rings. The van der Waals surface area contributed by atoms with Gasteiger partial charge in [-0.25, -0.2) is 4.90 Å². The molecule has 4 rings (SSSR count). The van der Waals surface area contributed by atoms with E-state index < -0.39 is 11.9 Å². The highest BCUT2D eigenvalue weighted by Gasteiger charge is 2.44. The summed E-state index contributed by atoms with van der Waals surface area (Å²) in [7, 11) is 0. The van der Waals surface area contributed by atoms with Gasteiger partial charge in [0.05, 0.1) is 11.3 Å². The third-order valence-electron chi connectivity index (χ3n) is 4.62. The maximum Gasteiger partial charge on any atom is 0.265 e. The van der Waals surface area contributed by atoms with E-state index in [2.05, 4.69) is 0 Å². The van der Waals surface area contributed by atoms with Gasteiger partial charge in [-0.15, -0.1) is 0 Å². The highest BCUT2D eigenvalue weighted by atomic mass is 16.2. The SMILES string of the molecule is O=C(c1ccccc1)N1C(=O)[C@H]2CCCN2C(=O)c2ccccc21. The fourth-order valence-corrected chi connectivity index (χ4v) is 3.46. The van der Waals surface area contributed by atoms with E-state index in [9.17, 15) is 14.4 Å². The first-order valence-electron chi connectivity index (χ1n) is 8.02. The molecule has 2 heterocycles. The molecule has 1 atom stereocenters. The molecule has 120 valence electrons. The molecule has 24 heavy (non-hydrogen) atoms. The van der Waals surface area contributed by atoms with Gasteiger partial charge in [-0.3, -0.25) is 14.4 Å². The van der Waals surface area contributed by atoms with Crippen LogP contribution in [0.2, 0.25) is 0 Å². The van der Waals surface area contributed by atoms with Crippen LogP contribution in [0.1, 0.15) is 33.6 Å². The van der Waals surface area contributed by atoms with Gasteiger partial charge in [0.25, 0.3) is 17.7 Å². The van der Waals surface area contributed by atoms with Crippen LogP contribution < -0.4 is 4.90 Å². The van der Waals surface area contributed by atoms with Crippen molar-refractivity contribution in [2.24, 2.45) is 0 Å². The summed E-state index contributed by atoms with van der Waals surface area (Å²) in [6.45, 7) is 0.553. The molecule has 0 saturated carbocycles. The minimum absolute atomic E-state index is 0.176. The second kappa shape index (κ2) is 5.60. The highest BCUT2D eigenvalue weighted by molar-refractivity contribution is 6.26. The minimum Gasteiger partial charge on any atom is -0.327 e. The number of imide groups is 1. The van der Waals surface area contributed by atoms with Gasteiger partial charge in [0.1, 0.15) is 6.04 Å². The summed E-state index contributed by atoms with van der Waals surface area (Å²) in [4.78, 5) is 41.6. The molecule has 0 aromatic heterocycles. The van der Waals surface area contributed by atoms with Gasteiger partial charge in [-0.1, -0.05) is 30.3 Å². The summed E-state index contributed by atoms with van der Waals surface area (Å²) < 4.78 is 0. The van der Waals surface area contributed by atoms with Crippen molar-refractivity contribution >= 4 is 23.4 Å². The Morgan fingerprint density at radius 2 is 1.67 bits per heavy atom. The Labute approximate surface area is 139 Å². The monoisotopic (exact) mass is 320 g/mol. The number of fused-ring (bicyclic) bond motifs is 2. The normalized spacial score (nSPS) is 19.8. The van der Waals surface area contributed by atoms with E-state index in [-0.39, 0.29) is 11.8 Å². The largest absolute Gasteiger partial charge is 0.327 e. The number of carbonyl (C=O) groups excluding carboxylic acids is 3. The van der Waals surface area contributed by atoms with Gasteiger partial charge in [-0.2, -0.15) is 0 Å². The first kappa shape index (κ1) is 14.6. The Morgan fingerprint density at radius 3 is 2.46 bits per heavy atom. The number of para-hydroxylation sites is 1. The molecular formula is C19H16N2O3. The Morgan fingerprint density at radius 1 is 0.958 bits per heavy atom. The number of nitrogens with zero attached hydrogens (tertiary/aromatic N) is 2. The molecule has 0 aliphatic carbocycles. The number of hydrogen-bond donors (Lipinski definition) is 0. The maximum absolute atomic E-state index is 13.1.